The van der Waals surface area contributed by atoms with Crippen LogP contribution in [-0.4, -0.2) is 12.0 Å². The molecular formula is C8H10BrClN2O2. The summed E-state index contributed by atoms with van der Waals surface area (Å²) < 4.78 is 0.511. The van der Waals surface area contributed by atoms with Crippen LogP contribution in [-0.2, 0) is 6.54 Å². The molecule has 1 rings (SSSR count). The summed E-state index contributed by atoms with van der Waals surface area (Å²) in [7, 11) is 1.80. The normalized spacial score (nSPS) is 9.29. The van der Waals surface area contributed by atoms with Gasteiger partial charge in [-0.25, -0.2) is 0 Å². The molecule has 1 aromatic rings. The number of hydrogen-bond donors (Lipinski definition) is 1. The molecule has 14 heavy (non-hydrogen) atoms. The van der Waals surface area contributed by atoms with Crippen molar-refractivity contribution in [2.24, 2.45) is 0 Å². The van der Waals surface area contributed by atoms with E-state index >= 15 is 0 Å². The molecule has 1 N–H and O–H groups in total. The monoisotopic (exact) mass is 280 g/mol. The number of nitro groups is 1. The Morgan fingerprint density at radius 1 is 1.57 bits per heavy atom. The largest absolute Gasteiger partial charge is 0.316 e. The van der Waals surface area contributed by atoms with Crippen LogP contribution >= 0.6 is 28.3 Å². The minimum Gasteiger partial charge on any atom is -0.316 e. The minimum atomic E-state index is -0.400. The lowest BCUT2D eigenvalue weighted by Crippen LogP contribution is -2.05. The van der Waals surface area contributed by atoms with Crippen LogP contribution < -0.4 is 5.32 Å². The van der Waals surface area contributed by atoms with Crippen LogP contribution in [0, 0.1) is 10.1 Å². The van der Waals surface area contributed by atoms with E-state index in [1.54, 1.807) is 19.2 Å². The number of nitro benzene ring substituents is 1. The highest BCUT2D eigenvalue weighted by molar-refractivity contribution is 9.10. The molecule has 0 aromatic heterocycles. The molecule has 0 bridgehead atoms. The number of nitrogens with one attached hydrogen (secondary N) is 1. The Morgan fingerprint density at radius 3 is 2.71 bits per heavy atom. The number of nitrogens with zero attached hydrogens (tertiary/aromatic N) is 1. The highest BCUT2D eigenvalue weighted by Crippen LogP contribution is 2.25. The molecular weight excluding hydrogens is 271 g/mol. The Hall–Kier alpha value is -0.650. The van der Waals surface area contributed by atoms with E-state index in [4.69, 9.17) is 0 Å². The summed E-state index contributed by atoms with van der Waals surface area (Å²) in [5.41, 5.74) is 1.00. The second-order valence-corrected chi connectivity index (χ2v) is 3.43. The first-order valence-corrected chi connectivity index (χ1v) is 4.52. The summed E-state index contributed by atoms with van der Waals surface area (Å²) in [6.45, 7) is 0.633. The van der Waals surface area contributed by atoms with Crippen LogP contribution in [0.3, 0.4) is 0 Å². The van der Waals surface area contributed by atoms with Crippen molar-refractivity contribution in [3.05, 3.63) is 38.3 Å². The Labute approximate surface area is 96.4 Å². The molecule has 0 atom stereocenters. The smallest absolute Gasteiger partial charge is 0.283 e. The predicted molar refractivity (Wildman–Crippen MR) is 60.8 cm³/mol. The maximum atomic E-state index is 10.5. The number of benzene rings is 1. The second kappa shape index (κ2) is 5.95. The van der Waals surface area contributed by atoms with Gasteiger partial charge in [0.1, 0.15) is 0 Å². The third-order valence-electron chi connectivity index (χ3n) is 1.59. The van der Waals surface area contributed by atoms with Crippen LogP contribution in [0.1, 0.15) is 5.56 Å². The van der Waals surface area contributed by atoms with E-state index in [-0.39, 0.29) is 18.1 Å². The Balaban J connectivity index is 0.00000169. The number of rotatable bonds is 3. The van der Waals surface area contributed by atoms with E-state index in [0.29, 0.717) is 11.0 Å². The standard InChI is InChI=1S/C8H9BrN2O2.ClH/c1-10-5-6-2-3-7(9)8(4-6)11(12)13;/h2-4,10H,5H2,1H3;1H. The van der Waals surface area contributed by atoms with E-state index in [2.05, 4.69) is 21.2 Å². The number of hydrogen-bond acceptors (Lipinski definition) is 3. The molecule has 6 heteroatoms. The van der Waals surface area contributed by atoms with E-state index in [0.717, 1.165) is 5.56 Å². The van der Waals surface area contributed by atoms with Crippen molar-refractivity contribution in [3.63, 3.8) is 0 Å². The van der Waals surface area contributed by atoms with Crippen molar-refractivity contribution in [3.8, 4) is 0 Å². The molecule has 0 aliphatic rings. The van der Waals surface area contributed by atoms with Gasteiger partial charge in [-0.05, 0) is 34.6 Å². The zero-order valence-corrected chi connectivity index (χ0v) is 9.89. The van der Waals surface area contributed by atoms with Crippen molar-refractivity contribution in [2.45, 2.75) is 6.54 Å². The van der Waals surface area contributed by atoms with Crippen molar-refractivity contribution < 1.29 is 4.92 Å². The van der Waals surface area contributed by atoms with Crippen LogP contribution in [0.5, 0.6) is 0 Å². The number of halogens is 2. The van der Waals surface area contributed by atoms with Crippen LogP contribution in [0.2, 0.25) is 0 Å². The van der Waals surface area contributed by atoms with Crippen molar-refractivity contribution in [2.75, 3.05) is 7.05 Å². The molecule has 78 valence electrons. The van der Waals surface area contributed by atoms with Gasteiger partial charge in [0, 0.05) is 12.6 Å². The molecule has 0 spiro atoms. The lowest BCUT2D eigenvalue weighted by Gasteiger charge is -2.00. The molecule has 0 saturated heterocycles. The zero-order valence-electron chi connectivity index (χ0n) is 7.49. The van der Waals surface area contributed by atoms with Gasteiger partial charge in [0.15, 0.2) is 0 Å². The SMILES string of the molecule is CNCc1ccc(Br)c([N+](=O)[O-])c1.Cl. The lowest BCUT2D eigenvalue weighted by molar-refractivity contribution is -0.385. The van der Waals surface area contributed by atoms with Crippen molar-refractivity contribution in [1.82, 2.24) is 5.32 Å². The first-order valence-electron chi connectivity index (χ1n) is 3.72. The van der Waals surface area contributed by atoms with Gasteiger partial charge in [0.05, 0.1) is 9.40 Å². The fourth-order valence-electron chi connectivity index (χ4n) is 1.01. The Bertz CT molecular complexity index is 333. The Kier molecular flexibility index (Phi) is 5.68. The molecule has 0 aliphatic heterocycles. The van der Waals surface area contributed by atoms with E-state index in [1.807, 2.05) is 6.07 Å². The van der Waals surface area contributed by atoms with E-state index in [1.165, 1.54) is 0 Å². The summed E-state index contributed by atoms with van der Waals surface area (Å²) in [5.74, 6) is 0. The second-order valence-electron chi connectivity index (χ2n) is 2.57. The minimum absolute atomic E-state index is 0. The fourth-order valence-corrected chi connectivity index (χ4v) is 1.40. The summed E-state index contributed by atoms with van der Waals surface area (Å²) >= 11 is 3.12. The molecule has 0 amide bonds. The first-order chi connectivity index (χ1) is 6.15. The highest BCUT2D eigenvalue weighted by atomic mass is 79.9. The zero-order chi connectivity index (χ0) is 9.84. The van der Waals surface area contributed by atoms with Gasteiger partial charge in [0.2, 0.25) is 0 Å². The summed E-state index contributed by atoms with van der Waals surface area (Å²) in [5, 5.41) is 13.5. The molecule has 1 aromatic carbocycles. The molecule has 0 unspecified atom stereocenters. The van der Waals surface area contributed by atoms with E-state index in [9.17, 15) is 10.1 Å². The van der Waals surface area contributed by atoms with Gasteiger partial charge >= 0.3 is 0 Å². The molecule has 0 fully saturated rings. The average Bonchev–Trinajstić information content (AvgIpc) is 2.08. The maximum absolute atomic E-state index is 10.5. The topological polar surface area (TPSA) is 55.2 Å². The van der Waals surface area contributed by atoms with Gasteiger partial charge in [-0.3, -0.25) is 10.1 Å². The lowest BCUT2D eigenvalue weighted by atomic mass is 10.2. The third-order valence-corrected chi connectivity index (χ3v) is 2.26. The Morgan fingerprint density at radius 2 is 2.21 bits per heavy atom. The third kappa shape index (κ3) is 3.25. The summed E-state index contributed by atoms with van der Waals surface area (Å²) in [6.07, 6.45) is 0. The summed E-state index contributed by atoms with van der Waals surface area (Å²) in [4.78, 5) is 10.1. The molecule has 0 heterocycles. The van der Waals surface area contributed by atoms with Crippen molar-refractivity contribution >= 4 is 34.0 Å². The van der Waals surface area contributed by atoms with Crippen LogP contribution in [0.25, 0.3) is 0 Å². The molecule has 0 saturated carbocycles. The maximum Gasteiger partial charge on any atom is 0.283 e. The average molecular weight is 282 g/mol. The summed E-state index contributed by atoms with van der Waals surface area (Å²) in [6, 6.07) is 5.08. The molecule has 0 aliphatic carbocycles. The van der Waals surface area contributed by atoms with Crippen molar-refractivity contribution in [1.29, 1.82) is 0 Å². The highest BCUT2D eigenvalue weighted by Gasteiger charge is 2.11. The van der Waals surface area contributed by atoms with Gasteiger partial charge in [-0.15, -0.1) is 12.4 Å². The molecule has 0 radical (unpaired) electrons. The first kappa shape index (κ1) is 13.4. The molecule has 4 nitrogen and oxygen atoms in total. The fraction of sp³-hybridized carbons (Fsp3) is 0.250. The van der Waals surface area contributed by atoms with E-state index < -0.39 is 4.92 Å². The quantitative estimate of drug-likeness (QED) is 0.684. The van der Waals surface area contributed by atoms with Gasteiger partial charge in [0.25, 0.3) is 5.69 Å². The van der Waals surface area contributed by atoms with Gasteiger partial charge in [-0.1, -0.05) is 6.07 Å². The van der Waals surface area contributed by atoms with Crippen LogP contribution in [0.4, 0.5) is 5.69 Å². The predicted octanol–water partition coefficient (Wildman–Crippen LogP) is 2.50. The van der Waals surface area contributed by atoms with Gasteiger partial charge < -0.3 is 5.32 Å². The van der Waals surface area contributed by atoms with Gasteiger partial charge in [-0.2, -0.15) is 0 Å². The van der Waals surface area contributed by atoms with Crippen LogP contribution in [0.15, 0.2) is 22.7 Å².